The van der Waals surface area contributed by atoms with Crippen molar-refractivity contribution in [2.75, 3.05) is 6.61 Å². The summed E-state index contributed by atoms with van der Waals surface area (Å²) in [7, 11) is 0. The number of halogens is 1. The molecule has 0 aliphatic heterocycles. The highest BCUT2D eigenvalue weighted by Crippen LogP contribution is 2.23. The molecule has 86 valence electrons. The van der Waals surface area contributed by atoms with Crippen LogP contribution in [0.3, 0.4) is 0 Å². The molecule has 1 rings (SSSR count). The van der Waals surface area contributed by atoms with Gasteiger partial charge in [0.15, 0.2) is 0 Å². The van der Waals surface area contributed by atoms with Gasteiger partial charge < -0.3 is 4.74 Å². The summed E-state index contributed by atoms with van der Waals surface area (Å²) in [5.41, 5.74) is -0.00878. The Morgan fingerprint density at radius 3 is 2.94 bits per heavy atom. The summed E-state index contributed by atoms with van der Waals surface area (Å²) in [6.45, 7) is 1.93. The molecular weight excluding hydrogens is 236 g/mol. The fraction of sp³-hybridized carbons (Fsp3) is 0.333. The molecule has 0 aliphatic carbocycles. The number of ether oxygens (including phenoxy) is 1. The number of carbonyl (C=O) groups excluding carboxylic acids is 1. The highest BCUT2D eigenvalue weighted by molar-refractivity contribution is 6.32. The van der Waals surface area contributed by atoms with E-state index >= 15 is 0 Å². The van der Waals surface area contributed by atoms with Gasteiger partial charge in [-0.05, 0) is 6.92 Å². The number of aromatic nitrogens is 1. The lowest BCUT2D eigenvalue weighted by Gasteiger charge is -2.01. The van der Waals surface area contributed by atoms with Crippen molar-refractivity contribution in [1.29, 1.82) is 0 Å². The first-order chi connectivity index (χ1) is 7.54. The van der Waals surface area contributed by atoms with E-state index in [-0.39, 0.29) is 29.4 Å². The summed E-state index contributed by atoms with van der Waals surface area (Å²) in [4.78, 5) is 24.9. The molecule has 16 heavy (non-hydrogen) atoms. The molecule has 0 bridgehead atoms. The molecule has 1 heterocycles. The second-order valence-electron chi connectivity index (χ2n) is 2.87. The van der Waals surface area contributed by atoms with Gasteiger partial charge in [-0.2, -0.15) is 0 Å². The van der Waals surface area contributed by atoms with Gasteiger partial charge in [0.05, 0.1) is 29.8 Å². The van der Waals surface area contributed by atoms with Crippen molar-refractivity contribution in [3.8, 4) is 0 Å². The van der Waals surface area contributed by atoms with E-state index in [1.807, 2.05) is 0 Å². The Balaban J connectivity index is 2.87. The summed E-state index contributed by atoms with van der Waals surface area (Å²) in [5, 5.41) is 10.5. The predicted octanol–water partition coefficient (Wildman–Crippen LogP) is 1.75. The molecule has 1 aromatic rings. The van der Waals surface area contributed by atoms with E-state index in [1.54, 1.807) is 6.92 Å². The second-order valence-corrected chi connectivity index (χ2v) is 3.27. The van der Waals surface area contributed by atoms with E-state index in [0.717, 1.165) is 6.20 Å². The Morgan fingerprint density at radius 2 is 2.38 bits per heavy atom. The maximum atomic E-state index is 11.1. The SMILES string of the molecule is CCOC(=O)Cc1cc([N+](=O)[O-])c(Cl)cn1. The Hall–Kier alpha value is -1.69. The van der Waals surface area contributed by atoms with Crippen LogP contribution in [0.5, 0.6) is 0 Å². The molecule has 0 atom stereocenters. The zero-order chi connectivity index (χ0) is 12.1. The molecule has 0 radical (unpaired) electrons. The number of nitro groups is 1. The third-order valence-electron chi connectivity index (χ3n) is 1.72. The van der Waals surface area contributed by atoms with Crippen molar-refractivity contribution in [2.45, 2.75) is 13.3 Å². The molecule has 6 nitrogen and oxygen atoms in total. The molecule has 0 saturated heterocycles. The minimum atomic E-state index is -0.626. The van der Waals surface area contributed by atoms with Gasteiger partial charge in [0, 0.05) is 6.07 Å². The Morgan fingerprint density at radius 1 is 1.69 bits per heavy atom. The average Bonchev–Trinajstić information content (AvgIpc) is 2.21. The van der Waals surface area contributed by atoms with Gasteiger partial charge in [-0.3, -0.25) is 19.9 Å². The van der Waals surface area contributed by atoms with Crippen LogP contribution in [-0.2, 0) is 16.0 Å². The minimum Gasteiger partial charge on any atom is -0.466 e. The van der Waals surface area contributed by atoms with Crippen LogP contribution in [0.15, 0.2) is 12.3 Å². The normalized spacial score (nSPS) is 9.88. The lowest BCUT2D eigenvalue weighted by molar-refractivity contribution is -0.384. The Kier molecular flexibility index (Phi) is 4.19. The van der Waals surface area contributed by atoms with Gasteiger partial charge in [-0.1, -0.05) is 11.6 Å². The number of esters is 1. The molecular formula is C9H9ClN2O4. The monoisotopic (exact) mass is 244 g/mol. The molecule has 0 spiro atoms. The van der Waals surface area contributed by atoms with Crippen molar-refractivity contribution in [1.82, 2.24) is 4.98 Å². The van der Waals surface area contributed by atoms with Crippen LogP contribution in [0, 0.1) is 10.1 Å². The first-order valence-electron chi connectivity index (χ1n) is 4.49. The summed E-state index contributed by atoms with van der Waals surface area (Å²) in [6.07, 6.45) is 1.04. The number of rotatable bonds is 4. The van der Waals surface area contributed by atoms with Gasteiger partial charge in [0.2, 0.25) is 0 Å². The predicted molar refractivity (Wildman–Crippen MR) is 56.2 cm³/mol. The summed E-state index contributed by atoms with van der Waals surface area (Å²) in [5.74, 6) is -0.480. The van der Waals surface area contributed by atoms with Gasteiger partial charge >= 0.3 is 5.97 Å². The van der Waals surface area contributed by atoms with Gasteiger partial charge in [-0.25, -0.2) is 0 Å². The number of nitrogens with zero attached hydrogens (tertiary/aromatic N) is 2. The zero-order valence-electron chi connectivity index (χ0n) is 8.47. The molecule has 0 aromatic carbocycles. The van der Waals surface area contributed by atoms with Crippen LogP contribution >= 0.6 is 11.6 Å². The molecule has 0 N–H and O–H groups in total. The molecule has 0 aliphatic rings. The highest BCUT2D eigenvalue weighted by Gasteiger charge is 2.15. The van der Waals surface area contributed by atoms with Crippen molar-refractivity contribution >= 4 is 23.3 Å². The van der Waals surface area contributed by atoms with Crippen LogP contribution in [-0.4, -0.2) is 22.5 Å². The van der Waals surface area contributed by atoms with E-state index in [4.69, 9.17) is 16.3 Å². The maximum absolute atomic E-state index is 11.1. The summed E-state index contributed by atoms with van der Waals surface area (Å²) in [6, 6.07) is 1.17. The van der Waals surface area contributed by atoms with Crippen LogP contribution in [0.25, 0.3) is 0 Å². The van der Waals surface area contributed by atoms with E-state index in [1.165, 1.54) is 6.07 Å². The standard InChI is InChI=1S/C9H9ClN2O4/c1-2-16-9(13)4-6-3-8(12(14)15)7(10)5-11-6/h3,5H,2,4H2,1H3. The minimum absolute atomic E-state index is 0.0578. The Labute approximate surface area is 96.3 Å². The number of pyridine rings is 1. The Bertz CT molecular complexity index is 422. The second kappa shape index (κ2) is 5.41. The first kappa shape index (κ1) is 12.4. The van der Waals surface area contributed by atoms with Crippen molar-refractivity contribution < 1.29 is 14.5 Å². The lowest BCUT2D eigenvalue weighted by atomic mass is 10.2. The van der Waals surface area contributed by atoms with Crippen molar-refractivity contribution in [3.63, 3.8) is 0 Å². The summed E-state index contributed by atoms with van der Waals surface area (Å²) < 4.78 is 4.69. The number of carbonyl (C=O) groups is 1. The van der Waals surface area contributed by atoms with Crippen LogP contribution in [0.1, 0.15) is 12.6 Å². The largest absolute Gasteiger partial charge is 0.466 e. The number of hydrogen-bond acceptors (Lipinski definition) is 5. The molecule has 0 saturated carbocycles. The number of hydrogen-bond donors (Lipinski definition) is 0. The topological polar surface area (TPSA) is 82.3 Å². The quantitative estimate of drug-likeness (QED) is 0.458. The van der Waals surface area contributed by atoms with Gasteiger partial charge in [0.25, 0.3) is 5.69 Å². The molecule has 7 heteroatoms. The molecule has 0 amide bonds. The average molecular weight is 245 g/mol. The van der Waals surface area contributed by atoms with Crippen LogP contribution < -0.4 is 0 Å². The zero-order valence-corrected chi connectivity index (χ0v) is 9.23. The van der Waals surface area contributed by atoms with E-state index in [2.05, 4.69) is 4.98 Å². The van der Waals surface area contributed by atoms with E-state index in [9.17, 15) is 14.9 Å². The maximum Gasteiger partial charge on any atom is 0.311 e. The van der Waals surface area contributed by atoms with Crippen LogP contribution in [0.2, 0.25) is 5.02 Å². The fourth-order valence-electron chi connectivity index (χ4n) is 1.07. The first-order valence-corrected chi connectivity index (χ1v) is 4.86. The summed E-state index contributed by atoms with van der Waals surface area (Å²) >= 11 is 5.57. The molecule has 1 aromatic heterocycles. The van der Waals surface area contributed by atoms with E-state index < -0.39 is 10.9 Å². The highest BCUT2D eigenvalue weighted by atomic mass is 35.5. The molecule has 0 fully saturated rings. The van der Waals surface area contributed by atoms with Crippen LogP contribution in [0.4, 0.5) is 5.69 Å². The molecule has 0 unspecified atom stereocenters. The lowest BCUT2D eigenvalue weighted by Crippen LogP contribution is -2.09. The van der Waals surface area contributed by atoms with Gasteiger partial charge in [-0.15, -0.1) is 0 Å². The van der Waals surface area contributed by atoms with Gasteiger partial charge in [0.1, 0.15) is 5.02 Å². The fourth-order valence-corrected chi connectivity index (χ4v) is 1.24. The van der Waals surface area contributed by atoms with Crippen molar-refractivity contribution in [3.05, 3.63) is 33.1 Å². The van der Waals surface area contributed by atoms with Crippen molar-refractivity contribution in [2.24, 2.45) is 0 Å². The third-order valence-corrected chi connectivity index (χ3v) is 2.01. The smallest absolute Gasteiger partial charge is 0.311 e. The third kappa shape index (κ3) is 3.16. The van der Waals surface area contributed by atoms with E-state index in [0.29, 0.717) is 0 Å².